The zero-order valence-corrected chi connectivity index (χ0v) is 19.0. The first-order chi connectivity index (χ1) is 14.1. The number of hydrogen-bond acceptors (Lipinski definition) is 3. The highest BCUT2D eigenvalue weighted by atomic mass is 16.2. The van der Waals surface area contributed by atoms with E-state index in [1.165, 1.54) is 26.2 Å². The first-order valence-corrected chi connectivity index (χ1v) is 11.2. The first kappa shape index (κ1) is 22.3. The fraction of sp³-hybridized carbons (Fsp3) is 0.625. The number of benzene rings is 1. The summed E-state index contributed by atoms with van der Waals surface area (Å²) in [6.07, 6.45) is 5.71. The van der Waals surface area contributed by atoms with Crippen molar-refractivity contribution in [2.24, 2.45) is 0 Å². The van der Waals surface area contributed by atoms with Crippen molar-refractivity contribution >= 4 is 23.4 Å². The molecular weight excluding hydrogens is 378 g/mol. The molecule has 6 nitrogen and oxygen atoms in total. The molecule has 0 unspecified atom stereocenters. The van der Waals surface area contributed by atoms with Crippen molar-refractivity contribution in [3.8, 4) is 0 Å². The number of nitrogens with one attached hydrogen (secondary N) is 1. The highest BCUT2D eigenvalue weighted by Gasteiger charge is 2.44. The molecule has 1 heterocycles. The molecule has 0 atom stereocenters. The van der Waals surface area contributed by atoms with Crippen molar-refractivity contribution in [2.75, 3.05) is 18.0 Å². The standard InChI is InChI=1S/C24H35N3O3/c1-16(2)27(19-9-7-6-8-10-19)22(29)18-11-12-20-21(15-18)26(14-13-25-17(3)28)23(30)24(20,4)5/h11-12,15-16,19H,6-10,13-14H2,1-5H3,(H,25,28). The van der Waals surface area contributed by atoms with E-state index in [1.807, 2.05) is 36.9 Å². The van der Waals surface area contributed by atoms with Crippen LogP contribution >= 0.6 is 0 Å². The van der Waals surface area contributed by atoms with E-state index >= 15 is 0 Å². The summed E-state index contributed by atoms with van der Waals surface area (Å²) in [5.41, 5.74) is 1.70. The quantitative estimate of drug-likeness (QED) is 0.774. The Hall–Kier alpha value is -2.37. The molecule has 1 aliphatic carbocycles. The second-order valence-corrected chi connectivity index (χ2v) is 9.39. The molecule has 1 saturated carbocycles. The Morgan fingerprint density at radius 2 is 1.87 bits per heavy atom. The Labute approximate surface area is 180 Å². The van der Waals surface area contributed by atoms with Crippen LogP contribution in [0.25, 0.3) is 0 Å². The number of hydrogen-bond donors (Lipinski definition) is 1. The molecule has 1 N–H and O–H groups in total. The average molecular weight is 414 g/mol. The van der Waals surface area contributed by atoms with Gasteiger partial charge < -0.3 is 15.1 Å². The van der Waals surface area contributed by atoms with Gasteiger partial charge in [0, 0.05) is 43.3 Å². The van der Waals surface area contributed by atoms with Crippen LogP contribution in [0.4, 0.5) is 5.69 Å². The third-order valence-corrected chi connectivity index (χ3v) is 6.46. The normalized spacial score (nSPS) is 18.5. The number of carbonyl (C=O) groups excluding carboxylic acids is 3. The summed E-state index contributed by atoms with van der Waals surface area (Å²) in [6.45, 7) is 10.2. The number of rotatable bonds is 6. The molecule has 164 valence electrons. The van der Waals surface area contributed by atoms with Crippen LogP contribution < -0.4 is 10.2 Å². The van der Waals surface area contributed by atoms with Gasteiger partial charge in [0.15, 0.2) is 0 Å². The number of fused-ring (bicyclic) bond motifs is 1. The van der Waals surface area contributed by atoms with E-state index in [0.717, 1.165) is 24.1 Å². The molecule has 0 spiro atoms. The highest BCUT2D eigenvalue weighted by molar-refractivity contribution is 6.09. The minimum absolute atomic E-state index is 0.000414. The molecule has 0 saturated heterocycles. The molecular formula is C24H35N3O3. The summed E-state index contributed by atoms with van der Waals surface area (Å²) >= 11 is 0. The van der Waals surface area contributed by atoms with Crippen LogP contribution in [0.3, 0.4) is 0 Å². The number of carbonyl (C=O) groups is 3. The van der Waals surface area contributed by atoms with E-state index in [1.54, 1.807) is 4.90 Å². The maximum Gasteiger partial charge on any atom is 0.254 e. The third-order valence-electron chi connectivity index (χ3n) is 6.46. The molecule has 1 aliphatic heterocycles. The van der Waals surface area contributed by atoms with Crippen LogP contribution in [0.2, 0.25) is 0 Å². The topological polar surface area (TPSA) is 69.7 Å². The van der Waals surface area contributed by atoms with Crippen LogP contribution in [0.5, 0.6) is 0 Å². The lowest BCUT2D eigenvalue weighted by Gasteiger charge is -2.37. The predicted octanol–water partition coefficient (Wildman–Crippen LogP) is 3.63. The molecule has 30 heavy (non-hydrogen) atoms. The van der Waals surface area contributed by atoms with Crippen molar-refractivity contribution in [1.29, 1.82) is 0 Å². The summed E-state index contributed by atoms with van der Waals surface area (Å²) in [7, 11) is 0. The molecule has 0 bridgehead atoms. The van der Waals surface area contributed by atoms with Gasteiger partial charge in [-0.1, -0.05) is 25.3 Å². The lowest BCUT2D eigenvalue weighted by Crippen LogP contribution is -2.45. The van der Waals surface area contributed by atoms with Gasteiger partial charge in [0.1, 0.15) is 0 Å². The number of anilines is 1. The zero-order valence-electron chi connectivity index (χ0n) is 19.0. The average Bonchev–Trinajstić information content (AvgIpc) is 2.88. The molecule has 3 rings (SSSR count). The van der Waals surface area contributed by atoms with E-state index in [-0.39, 0.29) is 29.8 Å². The predicted molar refractivity (Wildman–Crippen MR) is 119 cm³/mol. The van der Waals surface area contributed by atoms with Crippen LogP contribution in [-0.4, -0.2) is 47.8 Å². The summed E-state index contributed by atoms with van der Waals surface area (Å²) in [4.78, 5) is 41.5. The van der Waals surface area contributed by atoms with E-state index in [0.29, 0.717) is 18.7 Å². The maximum absolute atomic E-state index is 13.5. The number of amides is 3. The fourth-order valence-electron chi connectivity index (χ4n) is 4.87. The smallest absolute Gasteiger partial charge is 0.254 e. The molecule has 3 amide bonds. The molecule has 0 radical (unpaired) electrons. The summed E-state index contributed by atoms with van der Waals surface area (Å²) in [6, 6.07) is 6.08. The van der Waals surface area contributed by atoms with Crippen molar-refractivity contribution in [3.05, 3.63) is 29.3 Å². The largest absolute Gasteiger partial charge is 0.355 e. The highest BCUT2D eigenvalue weighted by Crippen LogP contribution is 2.42. The van der Waals surface area contributed by atoms with Gasteiger partial charge in [-0.05, 0) is 58.2 Å². The van der Waals surface area contributed by atoms with E-state index < -0.39 is 5.41 Å². The SMILES string of the molecule is CC(=O)NCCN1C(=O)C(C)(C)c2ccc(C(=O)N(C(C)C)C3CCCCC3)cc21. The van der Waals surface area contributed by atoms with Crippen molar-refractivity contribution in [2.45, 2.75) is 84.2 Å². The van der Waals surface area contributed by atoms with Gasteiger partial charge in [0.05, 0.1) is 5.41 Å². The minimum atomic E-state index is -0.645. The Morgan fingerprint density at radius 3 is 2.47 bits per heavy atom. The van der Waals surface area contributed by atoms with Crippen LogP contribution in [0.1, 0.15) is 82.6 Å². The Balaban J connectivity index is 1.90. The lowest BCUT2D eigenvalue weighted by atomic mass is 9.85. The monoisotopic (exact) mass is 413 g/mol. The lowest BCUT2D eigenvalue weighted by molar-refractivity contribution is -0.122. The van der Waals surface area contributed by atoms with E-state index in [4.69, 9.17) is 0 Å². The molecule has 6 heteroatoms. The number of nitrogens with zero attached hydrogens (tertiary/aromatic N) is 2. The molecule has 1 fully saturated rings. The zero-order chi connectivity index (χ0) is 22.1. The van der Waals surface area contributed by atoms with Crippen molar-refractivity contribution < 1.29 is 14.4 Å². The van der Waals surface area contributed by atoms with E-state index in [9.17, 15) is 14.4 Å². The van der Waals surface area contributed by atoms with Crippen LogP contribution in [0, 0.1) is 0 Å². The second kappa shape index (κ2) is 8.78. The van der Waals surface area contributed by atoms with Gasteiger partial charge in [0.25, 0.3) is 5.91 Å². The summed E-state index contributed by atoms with van der Waals surface area (Å²) < 4.78 is 0. The fourth-order valence-corrected chi connectivity index (χ4v) is 4.87. The van der Waals surface area contributed by atoms with Crippen LogP contribution in [-0.2, 0) is 15.0 Å². The molecule has 1 aromatic rings. The van der Waals surface area contributed by atoms with Gasteiger partial charge in [-0.25, -0.2) is 0 Å². The maximum atomic E-state index is 13.5. The summed E-state index contributed by atoms with van der Waals surface area (Å²) in [5.74, 6) is -0.0794. The second-order valence-electron chi connectivity index (χ2n) is 9.39. The van der Waals surface area contributed by atoms with E-state index in [2.05, 4.69) is 19.2 Å². The van der Waals surface area contributed by atoms with Gasteiger partial charge in [-0.2, -0.15) is 0 Å². The Bertz CT molecular complexity index is 825. The minimum Gasteiger partial charge on any atom is -0.355 e. The van der Waals surface area contributed by atoms with Gasteiger partial charge >= 0.3 is 0 Å². The summed E-state index contributed by atoms with van der Waals surface area (Å²) in [5, 5.41) is 2.76. The van der Waals surface area contributed by atoms with Crippen LogP contribution in [0.15, 0.2) is 18.2 Å². The Morgan fingerprint density at radius 1 is 1.20 bits per heavy atom. The molecule has 0 aromatic heterocycles. The third kappa shape index (κ3) is 4.23. The van der Waals surface area contributed by atoms with Gasteiger partial charge in [-0.3, -0.25) is 14.4 Å². The van der Waals surface area contributed by atoms with Crippen molar-refractivity contribution in [1.82, 2.24) is 10.2 Å². The molecule has 1 aromatic carbocycles. The van der Waals surface area contributed by atoms with Crippen molar-refractivity contribution in [3.63, 3.8) is 0 Å². The van der Waals surface area contributed by atoms with Gasteiger partial charge in [0.2, 0.25) is 11.8 Å². The van der Waals surface area contributed by atoms with Gasteiger partial charge in [-0.15, -0.1) is 0 Å². The molecule has 2 aliphatic rings. The Kier molecular flexibility index (Phi) is 6.53. The first-order valence-electron chi connectivity index (χ1n) is 11.2.